The van der Waals surface area contributed by atoms with Crippen molar-refractivity contribution in [3.05, 3.63) is 36.8 Å². The molecule has 0 radical (unpaired) electrons. The number of anilines is 3. The maximum atomic E-state index is 12.1. The number of hydrogen-bond acceptors (Lipinski definition) is 10. The van der Waals surface area contributed by atoms with Gasteiger partial charge in [-0.25, -0.2) is 18.4 Å². The van der Waals surface area contributed by atoms with Gasteiger partial charge in [-0.2, -0.15) is 4.98 Å². The summed E-state index contributed by atoms with van der Waals surface area (Å²) in [7, 11) is -3.43. The largest absolute Gasteiger partial charge is 0.474 e. The van der Waals surface area contributed by atoms with Crippen molar-refractivity contribution in [2.45, 2.75) is 44.8 Å². The fourth-order valence-electron chi connectivity index (χ4n) is 4.47. The third-order valence-electron chi connectivity index (χ3n) is 6.47. The van der Waals surface area contributed by atoms with E-state index in [0.29, 0.717) is 41.6 Å². The molecule has 2 N–H and O–H groups in total. The quantitative estimate of drug-likeness (QED) is 0.463. The first-order valence-electron chi connectivity index (χ1n) is 12.3. The summed E-state index contributed by atoms with van der Waals surface area (Å²) in [6.45, 7) is 4.36. The summed E-state index contributed by atoms with van der Waals surface area (Å²) >= 11 is 0. The molecule has 5 rings (SSSR count). The minimum Gasteiger partial charge on any atom is -0.474 e. The maximum Gasteiger partial charge on any atom is 0.232 e. The van der Waals surface area contributed by atoms with Gasteiger partial charge in [0.15, 0.2) is 0 Å². The summed E-state index contributed by atoms with van der Waals surface area (Å²) in [4.78, 5) is 20.1. The zero-order valence-electron chi connectivity index (χ0n) is 20.3. The highest BCUT2D eigenvalue weighted by molar-refractivity contribution is 7.92. The molecular weight excluding hydrogens is 482 g/mol. The number of hydrogen-bond donors (Lipinski definition) is 2. The predicted octanol–water partition coefficient (Wildman–Crippen LogP) is 2.82. The van der Waals surface area contributed by atoms with E-state index < -0.39 is 10.0 Å². The second kappa shape index (κ2) is 10.8. The standard InChI is InChI=1S/C24H31N7O4S/c1-2-36(32,33)30-18-14-20-21(27-16-18)15-22(31-10-12-34-13-11-31)29-23(20)35-19-6-4-17(5-7-19)28-24-25-8-3-9-26-24/h3,8-9,14-17,19,30H,2,4-7,10-13H2,1H3,(H,25,26,28)/t17-,19+. The van der Waals surface area contributed by atoms with Crippen LogP contribution in [-0.4, -0.2) is 72.6 Å². The Morgan fingerprint density at radius 1 is 1.08 bits per heavy atom. The van der Waals surface area contributed by atoms with Crippen molar-refractivity contribution in [3.63, 3.8) is 0 Å². The maximum absolute atomic E-state index is 12.1. The van der Waals surface area contributed by atoms with Crippen LogP contribution in [-0.2, 0) is 14.8 Å². The van der Waals surface area contributed by atoms with Gasteiger partial charge in [-0.15, -0.1) is 0 Å². The monoisotopic (exact) mass is 513 g/mol. The highest BCUT2D eigenvalue weighted by Crippen LogP contribution is 2.33. The first-order valence-corrected chi connectivity index (χ1v) is 14.0. The molecule has 0 aromatic carbocycles. The highest BCUT2D eigenvalue weighted by atomic mass is 32.2. The molecule has 2 aliphatic rings. The average molecular weight is 514 g/mol. The zero-order chi connectivity index (χ0) is 25.0. The minimum absolute atomic E-state index is 0.00799. The number of aromatic nitrogens is 4. The van der Waals surface area contributed by atoms with E-state index in [1.165, 1.54) is 6.20 Å². The molecule has 0 amide bonds. The topological polar surface area (TPSA) is 131 Å². The summed E-state index contributed by atoms with van der Waals surface area (Å²) in [6.07, 6.45) is 8.52. The van der Waals surface area contributed by atoms with Crippen LogP contribution < -0.4 is 19.7 Å². The van der Waals surface area contributed by atoms with Crippen LogP contribution in [0.1, 0.15) is 32.6 Å². The molecule has 2 fully saturated rings. The van der Waals surface area contributed by atoms with E-state index in [2.05, 4.69) is 29.9 Å². The van der Waals surface area contributed by atoms with E-state index in [1.807, 2.05) is 6.07 Å². The first-order chi connectivity index (χ1) is 17.5. The van der Waals surface area contributed by atoms with Crippen LogP contribution in [0.5, 0.6) is 5.88 Å². The van der Waals surface area contributed by atoms with E-state index in [9.17, 15) is 8.42 Å². The molecule has 11 nitrogen and oxygen atoms in total. The molecule has 12 heteroatoms. The second-order valence-electron chi connectivity index (χ2n) is 8.99. The Hall–Kier alpha value is -3.25. The van der Waals surface area contributed by atoms with E-state index in [1.54, 1.807) is 31.5 Å². The van der Waals surface area contributed by atoms with Crippen LogP contribution >= 0.6 is 0 Å². The molecule has 0 atom stereocenters. The summed E-state index contributed by atoms with van der Waals surface area (Å²) in [5, 5.41) is 4.08. The van der Waals surface area contributed by atoms with Crippen molar-refractivity contribution in [1.29, 1.82) is 0 Å². The zero-order valence-corrected chi connectivity index (χ0v) is 21.1. The van der Waals surface area contributed by atoms with Gasteiger partial charge in [0.25, 0.3) is 0 Å². The predicted molar refractivity (Wildman–Crippen MR) is 138 cm³/mol. The normalized spacial score (nSPS) is 20.8. The number of rotatable bonds is 8. The smallest absolute Gasteiger partial charge is 0.232 e. The molecule has 0 unspecified atom stereocenters. The lowest BCUT2D eigenvalue weighted by molar-refractivity contribution is 0.122. The van der Waals surface area contributed by atoms with Crippen molar-refractivity contribution in [2.24, 2.45) is 0 Å². The highest BCUT2D eigenvalue weighted by Gasteiger charge is 2.25. The average Bonchev–Trinajstić information content (AvgIpc) is 2.91. The number of nitrogens with one attached hydrogen (secondary N) is 2. The SMILES string of the molecule is CCS(=O)(=O)Nc1cnc2cc(N3CCOCC3)nc(O[C@H]3CC[C@@H](Nc4ncccn4)CC3)c2c1. The van der Waals surface area contributed by atoms with E-state index in [0.717, 1.165) is 44.6 Å². The van der Waals surface area contributed by atoms with E-state index in [-0.39, 0.29) is 17.9 Å². The third kappa shape index (κ3) is 5.93. The Balaban J connectivity index is 1.37. The van der Waals surface area contributed by atoms with E-state index >= 15 is 0 Å². The fraction of sp³-hybridized carbons (Fsp3) is 0.500. The van der Waals surface area contributed by atoms with Crippen LogP contribution in [0.15, 0.2) is 36.8 Å². The second-order valence-corrected chi connectivity index (χ2v) is 11.0. The molecule has 0 bridgehead atoms. The molecule has 36 heavy (non-hydrogen) atoms. The number of pyridine rings is 2. The third-order valence-corrected chi connectivity index (χ3v) is 7.78. The Morgan fingerprint density at radius 2 is 1.83 bits per heavy atom. The van der Waals surface area contributed by atoms with Gasteiger partial charge in [-0.05, 0) is 44.7 Å². The lowest BCUT2D eigenvalue weighted by atomic mass is 9.93. The summed E-state index contributed by atoms with van der Waals surface area (Å²) in [5.41, 5.74) is 1.10. The summed E-state index contributed by atoms with van der Waals surface area (Å²) in [6, 6.07) is 5.76. The molecule has 0 spiro atoms. The van der Waals surface area contributed by atoms with Crippen molar-refractivity contribution in [1.82, 2.24) is 19.9 Å². The Labute approximate surface area is 210 Å². The molecule has 1 aliphatic heterocycles. The number of sulfonamides is 1. The van der Waals surface area contributed by atoms with Gasteiger partial charge >= 0.3 is 0 Å². The fourth-order valence-corrected chi connectivity index (χ4v) is 5.09. The lowest BCUT2D eigenvalue weighted by Gasteiger charge is -2.31. The van der Waals surface area contributed by atoms with Crippen LogP contribution in [0, 0.1) is 0 Å². The molecule has 3 aromatic rings. The number of ether oxygens (including phenoxy) is 2. The number of fused-ring (bicyclic) bond motifs is 1. The number of nitrogens with zero attached hydrogens (tertiary/aromatic N) is 5. The Bertz CT molecular complexity index is 1280. The van der Waals surface area contributed by atoms with Gasteiger partial charge in [0, 0.05) is 37.6 Å². The van der Waals surface area contributed by atoms with Crippen LogP contribution in [0.4, 0.5) is 17.5 Å². The molecule has 4 heterocycles. The summed E-state index contributed by atoms with van der Waals surface area (Å²) < 4.78 is 38.8. The van der Waals surface area contributed by atoms with Gasteiger partial charge in [-0.3, -0.25) is 9.71 Å². The molecular formula is C24H31N7O4S. The number of morpholine rings is 1. The van der Waals surface area contributed by atoms with Gasteiger partial charge < -0.3 is 19.7 Å². The Kier molecular flexibility index (Phi) is 7.33. The van der Waals surface area contributed by atoms with Gasteiger partial charge in [0.2, 0.25) is 21.9 Å². The molecule has 192 valence electrons. The lowest BCUT2D eigenvalue weighted by Crippen LogP contribution is -2.37. The van der Waals surface area contributed by atoms with Crippen molar-refractivity contribution < 1.29 is 17.9 Å². The van der Waals surface area contributed by atoms with Crippen molar-refractivity contribution in [3.8, 4) is 5.88 Å². The minimum atomic E-state index is -3.43. The van der Waals surface area contributed by atoms with Crippen molar-refractivity contribution >= 4 is 38.4 Å². The molecule has 1 aliphatic carbocycles. The molecule has 1 saturated carbocycles. The van der Waals surface area contributed by atoms with Gasteiger partial charge in [0.05, 0.1) is 41.8 Å². The van der Waals surface area contributed by atoms with Gasteiger partial charge in [0.1, 0.15) is 11.9 Å². The van der Waals surface area contributed by atoms with Crippen LogP contribution in [0.25, 0.3) is 10.9 Å². The van der Waals surface area contributed by atoms with Crippen LogP contribution in [0.3, 0.4) is 0 Å². The molecule has 3 aromatic heterocycles. The first kappa shape index (κ1) is 24.4. The molecule has 1 saturated heterocycles. The van der Waals surface area contributed by atoms with E-state index in [4.69, 9.17) is 14.5 Å². The van der Waals surface area contributed by atoms with Crippen LogP contribution in [0.2, 0.25) is 0 Å². The summed E-state index contributed by atoms with van der Waals surface area (Å²) in [5.74, 6) is 1.88. The Morgan fingerprint density at radius 3 is 2.56 bits per heavy atom. The van der Waals surface area contributed by atoms with Crippen molar-refractivity contribution in [2.75, 3.05) is 47.0 Å². The van der Waals surface area contributed by atoms with Gasteiger partial charge in [-0.1, -0.05) is 0 Å².